The number of aliphatic hydroxyl groups excluding tert-OH is 1. The third-order valence-corrected chi connectivity index (χ3v) is 3.04. The topological polar surface area (TPSA) is 89.9 Å². The van der Waals surface area contributed by atoms with Gasteiger partial charge in [0.25, 0.3) is 0 Å². The Morgan fingerprint density at radius 1 is 1.50 bits per heavy atom. The Morgan fingerprint density at radius 2 is 2.17 bits per heavy atom. The minimum atomic E-state index is -1.15. The van der Waals surface area contributed by atoms with Gasteiger partial charge in [0.15, 0.2) is 0 Å². The molecule has 0 saturated heterocycles. The van der Waals surface area contributed by atoms with Gasteiger partial charge in [-0.15, -0.1) is 12.3 Å². The molecule has 3 N–H and O–H groups in total. The highest BCUT2D eigenvalue weighted by molar-refractivity contribution is 5.83. The lowest BCUT2D eigenvalue weighted by atomic mass is 9.91. The number of urea groups is 1. The molecule has 18 heavy (non-hydrogen) atoms. The third kappa shape index (κ3) is 3.64. The fourth-order valence-corrected chi connectivity index (χ4v) is 1.81. The van der Waals surface area contributed by atoms with Gasteiger partial charge in [-0.3, -0.25) is 0 Å². The summed E-state index contributed by atoms with van der Waals surface area (Å²) in [5.41, 5.74) is 0. The lowest BCUT2D eigenvalue weighted by Gasteiger charge is -2.37. The van der Waals surface area contributed by atoms with E-state index in [-0.39, 0.29) is 25.6 Å². The van der Waals surface area contributed by atoms with Crippen molar-refractivity contribution in [3.63, 3.8) is 0 Å². The maximum Gasteiger partial charge on any atom is 0.327 e. The fraction of sp³-hybridized carbons (Fsp3) is 0.667. The zero-order valence-electron chi connectivity index (χ0n) is 10.1. The van der Waals surface area contributed by atoms with Crippen molar-refractivity contribution in [3.05, 3.63) is 0 Å². The first-order valence-corrected chi connectivity index (χ1v) is 5.94. The van der Waals surface area contributed by atoms with Gasteiger partial charge < -0.3 is 20.4 Å². The number of hydrogen-bond donors (Lipinski definition) is 3. The standard InChI is InChI=1S/C12H18N2O4/c1-2-4-10(11(16)17)13-12(18)14(7-8-15)9-5-3-6-9/h1,9-10,15H,3-8H2,(H,13,18)(H,16,17). The number of carboxylic acids is 1. The van der Waals surface area contributed by atoms with Gasteiger partial charge in [0, 0.05) is 19.0 Å². The van der Waals surface area contributed by atoms with E-state index in [2.05, 4.69) is 11.2 Å². The Hall–Kier alpha value is -1.74. The lowest BCUT2D eigenvalue weighted by molar-refractivity contribution is -0.139. The predicted molar refractivity (Wildman–Crippen MR) is 64.8 cm³/mol. The van der Waals surface area contributed by atoms with Crippen molar-refractivity contribution in [3.8, 4) is 12.3 Å². The van der Waals surface area contributed by atoms with Crippen LogP contribution in [0.25, 0.3) is 0 Å². The lowest BCUT2D eigenvalue weighted by Crippen LogP contribution is -2.53. The van der Waals surface area contributed by atoms with E-state index >= 15 is 0 Å². The molecular formula is C12H18N2O4. The third-order valence-electron chi connectivity index (χ3n) is 3.04. The van der Waals surface area contributed by atoms with Gasteiger partial charge in [-0.05, 0) is 19.3 Å². The Morgan fingerprint density at radius 3 is 2.56 bits per heavy atom. The van der Waals surface area contributed by atoms with E-state index in [0.717, 1.165) is 19.3 Å². The zero-order valence-corrected chi connectivity index (χ0v) is 10.1. The highest BCUT2D eigenvalue weighted by Crippen LogP contribution is 2.24. The average molecular weight is 254 g/mol. The van der Waals surface area contributed by atoms with Crippen molar-refractivity contribution in [1.29, 1.82) is 0 Å². The monoisotopic (exact) mass is 254 g/mol. The Balaban J connectivity index is 2.59. The van der Waals surface area contributed by atoms with Crippen molar-refractivity contribution in [1.82, 2.24) is 10.2 Å². The number of carbonyl (C=O) groups is 2. The molecule has 0 aromatic heterocycles. The predicted octanol–water partition coefficient (Wildman–Crippen LogP) is 0.0193. The minimum Gasteiger partial charge on any atom is -0.480 e. The van der Waals surface area contributed by atoms with Crippen molar-refractivity contribution in [2.45, 2.75) is 37.8 Å². The van der Waals surface area contributed by atoms with Crippen molar-refractivity contribution < 1.29 is 19.8 Å². The van der Waals surface area contributed by atoms with E-state index in [1.54, 1.807) is 0 Å². The summed E-state index contributed by atoms with van der Waals surface area (Å²) in [5, 5.41) is 20.2. The van der Waals surface area contributed by atoms with Crippen molar-refractivity contribution in [2.75, 3.05) is 13.2 Å². The molecule has 1 aliphatic carbocycles. The highest BCUT2D eigenvalue weighted by Gasteiger charge is 2.30. The summed E-state index contributed by atoms with van der Waals surface area (Å²) in [4.78, 5) is 24.3. The van der Waals surface area contributed by atoms with Crippen molar-refractivity contribution >= 4 is 12.0 Å². The molecule has 1 atom stereocenters. The highest BCUT2D eigenvalue weighted by atomic mass is 16.4. The first kappa shape index (κ1) is 14.3. The number of terminal acetylenes is 1. The van der Waals surface area contributed by atoms with Gasteiger partial charge in [0.1, 0.15) is 6.04 Å². The number of carboxylic acid groups (broad SMARTS) is 1. The van der Waals surface area contributed by atoms with Crippen LogP contribution in [0, 0.1) is 12.3 Å². The van der Waals surface area contributed by atoms with Gasteiger partial charge in [0.05, 0.1) is 6.61 Å². The molecule has 2 amide bonds. The first-order chi connectivity index (χ1) is 8.60. The minimum absolute atomic E-state index is 0.0568. The zero-order chi connectivity index (χ0) is 13.5. The molecule has 0 aromatic carbocycles. The van der Waals surface area contributed by atoms with E-state index in [1.165, 1.54) is 4.90 Å². The van der Waals surface area contributed by atoms with Crippen LogP contribution in [0.5, 0.6) is 0 Å². The molecule has 6 heteroatoms. The summed E-state index contributed by atoms with van der Waals surface area (Å²) in [7, 11) is 0. The Bertz CT molecular complexity index is 346. The molecule has 100 valence electrons. The number of rotatable bonds is 6. The Labute approximate surface area is 106 Å². The molecule has 0 bridgehead atoms. The second-order valence-electron chi connectivity index (χ2n) is 4.25. The van der Waals surface area contributed by atoms with E-state index in [4.69, 9.17) is 16.6 Å². The van der Waals surface area contributed by atoms with Crippen LogP contribution in [-0.2, 0) is 4.79 Å². The summed E-state index contributed by atoms with van der Waals surface area (Å²) >= 11 is 0. The van der Waals surface area contributed by atoms with Gasteiger partial charge in [-0.2, -0.15) is 0 Å². The smallest absolute Gasteiger partial charge is 0.327 e. The molecule has 1 fully saturated rings. The van der Waals surface area contributed by atoms with Crippen molar-refractivity contribution in [2.24, 2.45) is 0 Å². The van der Waals surface area contributed by atoms with Crippen LogP contribution in [0.15, 0.2) is 0 Å². The average Bonchev–Trinajstić information content (AvgIpc) is 2.25. The molecule has 1 rings (SSSR count). The maximum absolute atomic E-state index is 11.9. The number of amides is 2. The van der Waals surface area contributed by atoms with Gasteiger partial charge in [0.2, 0.25) is 0 Å². The van der Waals surface area contributed by atoms with Crippen LogP contribution in [0.1, 0.15) is 25.7 Å². The number of aliphatic hydroxyl groups is 1. The summed E-state index contributed by atoms with van der Waals surface area (Å²) in [6, 6.07) is -1.46. The molecule has 0 radical (unpaired) electrons. The molecule has 0 heterocycles. The van der Waals surface area contributed by atoms with Crippen LogP contribution < -0.4 is 5.32 Å². The van der Waals surface area contributed by atoms with E-state index in [9.17, 15) is 9.59 Å². The normalized spacial score (nSPS) is 16.2. The van der Waals surface area contributed by atoms with Gasteiger partial charge in [-0.1, -0.05) is 0 Å². The number of hydrogen-bond acceptors (Lipinski definition) is 3. The first-order valence-electron chi connectivity index (χ1n) is 5.94. The molecule has 6 nitrogen and oxygen atoms in total. The molecule has 1 unspecified atom stereocenters. The summed E-state index contributed by atoms with van der Waals surface area (Å²) in [5.74, 6) is 1.07. The molecular weight excluding hydrogens is 236 g/mol. The molecule has 1 saturated carbocycles. The van der Waals surface area contributed by atoms with E-state index in [1.807, 2.05) is 0 Å². The number of aliphatic carboxylic acids is 1. The van der Waals surface area contributed by atoms with E-state index < -0.39 is 18.0 Å². The fourth-order valence-electron chi connectivity index (χ4n) is 1.81. The van der Waals surface area contributed by atoms with Gasteiger partial charge in [-0.25, -0.2) is 9.59 Å². The quantitative estimate of drug-likeness (QED) is 0.583. The largest absolute Gasteiger partial charge is 0.480 e. The SMILES string of the molecule is C#CCC(NC(=O)N(CCO)C1CCC1)C(=O)O. The molecule has 0 aromatic rings. The summed E-state index contributed by atoms with van der Waals surface area (Å²) < 4.78 is 0. The molecule has 1 aliphatic rings. The van der Waals surface area contributed by atoms with Crippen LogP contribution in [0.2, 0.25) is 0 Å². The van der Waals surface area contributed by atoms with Crippen LogP contribution in [-0.4, -0.2) is 52.3 Å². The molecule has 0 spiro atoms. The maximum atomic E-state index is 11.9. The Kier molecular flexibility index (Phi) is 5.46. The van der Waals surface area contributed by atoms with E-state index in [0.29, 0.717) is 0 Å². The van der Waals surface area contributed by atoms with Crippen LogP contribution in [0.3, 0.4) is 0 Å². The number of nitrogens with zero attached hydrogens (tertiary/aromatic N) is 1. The summed E-state index contributed by atoms with van der Waals surface area (Å²) in [6.07, 6.45) is 7.83. The number of nitrogens with one attached hydrogen (secondary N) is 1. The second-order valence-corrected chi connectivity index (χ2v) is 4.25. The number of carbonyl (C=O) groups excluding carboxylic acids is 1. The summed E-state index contributed by atoms with van der Waals surface area (Å²) in [6.45, 7) is 0.0652. The van der Waals surface area contributed by atoms with Crippen LogP contribution in [0.4, 0.5) is 4.79 Å². The van der Waals surface area contributed by atoms with Crippen LogP contribution >= 0.6 is 0 Å². The second kappa shape index (κ2) is 6.87. The van der Waals surface area contributed by atoms with Gasteiger partial charge >= 0.3 is 12.0 Å². The molecule has 0 aliphatic heterocycles.